The van der Waals surface area contributed by atoms with E-state index < -0.39 is 5.60 Å². The zero-order chi connectivity index (χ0) is 14.7. The van der Waals surface area contributed by atoms with E-state index in [-0.39, 0.29) is 10.7 Å². The monoisotopic (exact) mass is 295 g/mol. The SMILES string of the molecule is CC(C)C1(C)SC(CC2CC3CC2CC3(C)O)=NC1=O. The highest BCUT2D eigenvalue weighted by Crippen LogP contribution is 2.55. The third-order valence-corrected chi connectivity index (χ3v) is 7.48. The van der Waals surface area contributed by atoms with Gasteiger partial charge in [-0.25, -0.2) is 4.99 Å². The van der Waals surface area contributed by atoms with Gasteiger partial charge in [-0.15, -0.1) is 0 Å². The van der Waals surface area contributed by atoms with Crippen LogP contribution in [0.1, 0.15) is 53.4 Å². The molecule has 1 heterocycles. The van der Waals surface area contributed by atoms with Crippen LogP contribution in [0.3, 0.4) is 0 Å². The lowest BCUT2D eigenvalue weighted by atomic mass is 9.79. The summed E-state index contributed by atoms with van der Waals surface area (Å²) in [5, 5.41) is 11.3. The van der Waals surface area contributed by atoms with Crippen molar-refractivity contribution in [2.75, 3.05) is 0 Å². The highest BCUT2D eigenvalue weighted by molar-refractivity contribution is 8.16. The van der Waals surface area contributed by atoms with Gasteiger partial charge in [-0.05, 0) is 63.2 Å². The molecular weight excluding hydrogens is 270 g/mol. The van der Waals surface area contributed by atoms with Gasteiger partial charge in [0.15, 0.2) is 0 Å². The van der Waals surface area contributed by atoms with E-state index in [2.05, 4.69) is 18.8 Å². The minimum atomic E-state index is -0.450. The highest BCUT2D eigenvalue weighted by Gasteiger charge is 2.52. The Kier molecular flexibility index (Phi) is 3.33. The molecule has 0 aromatic rings. The molecule has 0 spiro atoms. The van der Waals surface area contributed by atoms with Crippen molar-refractivity contribution in [2.24, 2.45) is 28.7 Å². The van der Waals surface area contributed by atoms with E-state index in [9.17, 15) is 9.90 Å². The summed E-state index contributed by atoms with van der Waals surface area (Å²) in [6.45, 7) is 8.19. The van der Waals surface area contributed by atoms with Crippen molar-refractivity contribution >= 4 is 22.7 Å². The second kappa shape index (κ2) is 4.57. The quantitative estimate of drug-likeness (QED) is 0.869. The van der Waals surface area contributed by atoms with Crippen molar-refractivity contribution in [1.82, 2.24) is 0 Å². The first-order valence-electron chi connectivity index (χ1n) is 7.76. The molecule has 0 saturated heterocycles. The van der Waals surface area contributed by atoms with Gasteiger partial charge in [0.25, 0.3) is 5.91 Å². The lowest BCUT2D eigenvalue weighted by molar-refractivity contribution is -0.120. The largest absolute Gasteiger partial charge is 0.390 e. The number of aliphatic hydroxyl groups is 1. The van der Waals surface area contributed by atoms with Crippen molar-refractivity contribution in [1.29, 1.82) is 0 Å². The Labute approximate surface area is 125 Å². The average Bonchev–Trinajstić information content (AvgIpc) is 2.91. The van der Waals surface area contributed by atoms with Crippen LogP contribution in [-0.4, -0.2) is 26.4 Å². The number of amides is 1. The molecular formula is C16H25NO2S. The Morgan fingerprint density at radius 1 is 1.40 bits per heavy atom. The first kappa shape index (κ1) is 14.6. The Morgan fingerprint density at radius 2 is 2.10 bits per heavy atom. The molecule has 3 aliphatic rings. The maximum absolute atomic E-state index is 12.1. The second-order valence-corrected chi connectivity index (χ2v) is 9.15. The van der Waals surface area contributed by atoms with Gasteiger partial charge in [-0.2, -0.15) is 0 Å². The van der Waals surface area contributed by atoms with Crippen LogP contribution in [0.4, 0.5) is 0 Å². The van der Waals surface area contributed by atoms with E-state index in [0.29, 0.717) is 23.7 Å². The van der Waals surface area contributed by atoms with Crippen molar-refractivity contribution in [3.8, 4) is 0 Å². The standard InChI is InChI=1S/C16H25NO2S/c1-9(2)16(4)14(18)17-13(20-16)7-10-5-12-6-11(10)8-15(12,3)19/h9-12,19H,5-8H2,1-4H3. The van der Waals surface area contributed by atoms with E-state index in [1.807, 2.05) is 13.8 Å². The Hall–Kier alpha value is -0.350. The van der Waals surface area contributed by atoms with Gasteiger partial charge in [-0.1, -0.05) is 25.6 Å². The fourth-order valence-electron chi connectivity index (χ4n) is 4.13. The molecule has 4 heteroatoms. The first-order valence-corrected chi connectivity index (χ1v) is 8.57. The van der Waals surface area contributed by atoms with Gasteiger partial charge in [-0.3, -0.25) is 4.79 Å². The second-order valence-electron chi connectivity index (χ2n) is 7.63. The fourth-order valence-corrected chi connectivity index (χ4v) is 5.41. The maximum atomic E-state index is 12.1. The van der Waals surface area contributed by atoms with E-state index >= 15 is 0 Å². The predicted molar refractivity (Wildman–Crippen MR) is 82.8 cm³/mol. The summed E-state index contributed by atoms with van der Waals surface area (Å²) in [5.74, 6) is 2.05. The molecule has 2 aliphatic carbocycles. The van der Waals surface area contributed by atoms with Gasteiger partial charge < -0.3 is 5.11 Å². The van der Waals surface area contributed by atoms with E-state index in [1.54, 1.807) is 11.8 Å². The lowest BCUT2D eigenvalue weighted by Gasteiger charge is -2.32. The molecule has 112 valence electrons. The van der Waals surface area contributed by atoms with Crippen molar-refractivity contribution < 1.29 is 9.90 Å². The highest BCUT2D eigenvalue weighted by atomic mass is 32.2. The Morgan fingerprint density at radius 3 is 2.55 bits per heavy atom. The van der Waals surface area contributed by atoms with Gasteiger partial charge in [0.2, 0.25) is 0 Å². The summed E-state index contributed by atoms with van der Waals surface area (Å²) in [6, 6.07) is 0. The molecule has 1 aliphatic heterocycles. The van der Waals surface area contributed by atoms with Crippen LogP contribution in [0.2, 0.25) is 0 Å². The zero-order valence-electron chi connectivity index (χ0n) is 12.8. The van der Waals surface area contributed by atoms with E-state index in [0.717, 1.165) is 30.7 Å². The van der Waals surface area contributed by atoms with Crippen LogP contribution in [0.5, 0.6) is 0 Å². The Bertz CT molecular complexity index is 471. The van der Waals surface area contributed by atoms with E-state index in [4.69, 9.17) is 0 Å². The molecule has 1 N–H and O–H groups in total. The number of hydrogen-bond donors (Lipinski definition) is 1. The van der Waals surface area contributed by atoms with Gasteiger partial charge in [0.1, 0.15) is 4.75 Å². The number of thioether (sulfide) groups is 1. The van der Waals surface area contributed by atoms with Crippen molar-refractivity contribution in [3.63, 3.8) is 0 Å². The van der Waals surface area contributed by atoms with Crippen LogP contribution in [-0.2, 0) is 4.79 Å². The minimum absolute atomic E-state index is 0.0441. The van der Waals surface area contributed by atoms with Crippen molar-refractivity contribution in [3.05, 3.63) is 0 Å². The molecule has 0 aromatic heterocycles. The smallest absolute Gasteiger partial charge is 0.263 e. The van der Waals surface area contributed by atoms with Crippen molar-refractivity contribution in [2.45, 2.75) is 63.7 Å². The third kappa shape index (κ3) is 2.16. The Balaban J connectivity index is 1.65. The number of nitrogens with zero attached hydrogens (tertiary/aromatic N) is 1. The summed E-state index contributed by atoms with van der Waals surface area (Å²) in [4.78, 5) is 16.5. The van der Waals surface area contributed by atoms with Crippen LogP contribution < -0.4 is 0 Å². The van der Waals surface area contributed by atoms with Gasteiger partial charge in [0.05, 0.1) is 10.6 Å². The minimum Gasteiger partial charge on any atom is -0.390 e. The number of hydrogen-bond acceptors (Lipinski definition) is 3. The van der Waals surface area contributed by atoms with Crippen LogP contribution >= 0.6 is 11.8 Å². The molecule has 0 radical (unpaired) electrons. The summed E-state index contributed by atoms with van der Waals surface area (Å²) in [6.07, 6.45) is 4.13. The molecule has 0 aromatic carbocycles. The number of carbonyl (C=O) groups excluding carboxylic acids is 1. The van der Waals surface area contributed by atoms with Gasteiger partial charge >= 0.3 is 0 Å². The van der Waals surface area contributed by atoms with Crippen LogP contribution in [0.15, 0.2) is 4.99 Å². The summed E-state index contributed by atoms with van der Waals surface area (Å²) < 4.78 is -0.363. The van der Waals surface area contributed by atoms with E-state index in [1.165, 1.54) is 0 Å². The molecule has 2 bridgehead atoms. The first-order chi connectivity index (χ1) is 9.22. The number of aliphatic imine (C=N–C) groups is 1. The third-order valence-electron chi connectivity index (χ3n) is 5.92. The molecule has 3 nitrogen and oxygen atoms in total. The molecule has 20 heavy (non-hydrogen) atoms. The van der Waals surface area contributed by atoms with Gasteiger partial charge in [0, 0.05) is 0 Å². The molecule has 2 saturated carbocycles. The maximum Gasteiger partial charge on any atom is 0.263 e. The molecule has 3 rings (SSSR count). The van der Waals surface area contributed by atoms with Crippen LogP contribution in [0.25, 0.3) is 0 Å². The number of rotatable bonds is 3. The molecule has 2 fully saturated rings. The molecule has 5 unspecified atom stereocenters. The predicted octanol–water partition coefficient (Wildman–Crippen LogP) is 3.26. The lowest BCUT2D eigenvalue weighted by Crippen LogP contribution is -2.34. The summed E-state index contributed by atoms with van der Waals surface area (Å²) in [5.41, 5.74) is -0.450. The summed E-state index contributed by atoms with van der Waals surface area (Å²) >= 11 is 1.68. The fraction of sp³-hybridized carbons (Fsp3) is 0.875. The topological polar surface area (TPSA) is 49.7 Å². The zero-order valence-corrected chi connectivity index (χ0v) is 13.7. The number of fused-ring (bicyclic) bond motifs is 2. The molecule has 1 amide bonds. The summed E-state index contributed by atoms with van der Waals surface area (Å²) in [7, 11) is 0. The molecule has 5 atom stereocenters. The average molecular weight is 295 g/mol. The number of carbonyl (C=O) groups is 1. The van der Waals surface area contributed by atoms with Crippen LogP contribution in [0, 0.1) is 23.7 Å². The normalized spacial score (nSPS) is 47.4.